The first kappa shape index (κ1) is 10.7. The van der Waals surface area contributed by atoms with Gasteiger partial charge in [-0.15, -0.1) is 10.2 Å². The van der Waals surface area contributed by atoms with Crippen LogP contribution in [0.2, 0.25) is 0 Å². The molecule has 0 aliphatic heterocycles. The van der Waals surface area contributed by atoms with Crippen molar-refractivity contribution in [1.29, 1.82) is 5.26 Å². The van der Waals surface area contributed by atoms with Gasteiger partial charge in [0.05, 0.1) is 19.3 Å². The summed E-state index contributed by atoms with van der Waals surface area (Å²) in [5.41, 5.74) is -0.110. The van der Waals surface area contributed by atoms with Gasteiger partial charge >= 0.3 is 5.97 Å². The lowest BCUT2D eigenvalue weighted by molar-refractivity contribution is 0.0690. The fourth-order valence-corrected chi connectivity index (χ4v) is 1.16. The molecule has 0 saturated carbocycles. The van der Waals surface area contributed by atoms with Gasteiger partial charge in [-0.3, -0.25) is 0 Å². The molecule has 0 aliphatic carbocycles. The maximum Gasteiger partial charge on any atom is 0.358 e. The summed E-state index contributed by atoms with van der Waals surface area (Å²) in [4.78, 5) is 14.3. The number of carbonyl (C=O) groups is 1. The second-order valence-electron chi connectivity index (χ2n) is 3.12. The van der Waals surface area contributed by atoms with Crippen molar-refractivity contribution in [2.45, 2.75) is 13.1 Å². The summed E-state index contributed by atoms with van der Waals surface area (Å²) >= 11 is 0. The van der Waals surface area contributed by atoms with Crippen LogP contribution in [-0.4, -0.2) is 40.8 Å². The van der Waals surface area contributed by atoms with Crippen molar-refractivity contribution < 1.29 is 9.90 Å². The number of aryl methyl sites for hydroxylation is 2. The third-order valence-electron chi connectivity index (χ3n) is 1.95. The predicted molar refractivity (Wildman–Crippen MR) is 51.7 cm³/mol. The van der Waals surface area contributed by atoms with Gasteiger partial charge < -0.3 is 5.11 Å². The third kappa shape index (κ3) is 2.43. The normalized spacial score (nSPS) is 10.1. The van der Waals surface area contributed by atoms with Crippen LogP contribution in [0, 0.1) is 11.3 Å². The van der Waals surface area contributed by atoms with Gasteiger partial charge in [-0.05, 0) is 0 Å². The van der Waals surface area contributed by atoms with Gasteiger partial charge in [-0.25, -0.2) is 19.1 Å². The Labute approximate surface area is 94.9 Å². The van der Waals surface area contributed by atoms with E-state index in [1.54, 1.807) is 0 Å². The fraction of sp³-hybridized carbons (Fsp3) is 0.250. The van der Waals surface area contributed by atoms with Crippen LogP contribution in [0.4, 0.5) is 0 Å². The van der Waals surface area contributed by atoms with E-state index in [0.29, 0.717) is 13.1 Å². The van der Waals surface area contributed by atoms with Gasteiger partial charge in [0, 0.05) is 0 Å². The summed E-state index contributed by atoms with van der Waals surface area (Å²) < 4.78 is 2.86. The highest BCUT2D eigenvalue weighted by Gasteiger charge is 2.08. The molecule has 86 valence electrons. The maximum atomic E-state index is 10.6. The molecule has 0 aliphatic rings. The number of nitriles is 1. The highest BCUT2D eigenvalue weighted by atomic mass is 16.4. The fourth-order valence-electron chi connectivity index (χ4n) is 1.16. The van der Waals surface area contributed by atoms with E-state index in [9.17, 15) is 4.79 Å². The molecule has 0 aromatic carbocycles. The van der Waals surface area contributed by atoms with Crippen LogP contribution in [0.15, 0.2) is 12.5 Å². The van der Waals surface area contributed by atoms with E-state index in [4.69, 9.17) is 10.4 Å². The van der Waals surface area contributed by atoms with Crippen LogP contribution in [0.1, 0.15) is 16.3 Å². The number of carboxylic acid groups (broad SMARTS) is 1. The highest BCUT2D eigenvalue weighted by Crippen LogP contribution is 1.94. The molecule has 2 heterocycles. The molecule has 9 nitrogen and oxygen atoms in total. The Balaban J connectivity index is 1.97. The molecular weight excluding hydrogens is 226 g/mol. The van der Waals surface area contributed by atoms with Crippen LogP contribution in [0.25, 0.3) is 0 Å². The number of hydrogen-bond donors (Lipinski definition) is 1. The second-order valence-corrected chi connectivity index (χ2v) is 3.12. The minimum absolute atomic E-state index is 0.0924. The molecule has 9 heteroatoms. The zero-order chi connectivity index (χ0) is 12.3. The molecule has 17 heavy (non-hydrogen) atoms. The van der Waals surface area contributed by atoms with Gasteiger partial charge in [0.15, 0.2) is 5.69 Å². The van der Waals surface area contributed by atoms with Gasteiger partial charge in [-0.1, -0.05) is 5.21 Å². The maximum absolute atomic E-state index is 10.6. The van der Waals surface area contributed by atoms with Crippen molar-refractivity contribution in [3.8, 4) is 6.07 Å². The van der Waals surface area contributed by atoms with Gasteiger partial charge in [0.2, 0.25) is 0 Å². The SMILES string of the molecule is N#Cc1ncn(CCn2cc(C(=O)O)nn2)n1. The molecule has 2 rings (SSSR count). The number of hydrogen-bond acceptors (Lipinski definition) is 6. The van der Waals surface area contributed by atoms with E-state index >= 15 is 0 Å². The predicted octanol–water partition coefficient (Wildman–Crippen LogP) is -0.860. The van der Waals surface area contributed by atoms with Gasteiger partial charge in [0.1, 0.15) is 12.4 Å². The number of rotatable bonds is 4. The molecule has 0 bridgehead atoms. The summed E-state index contributed by atoms with van der Waals surface area (Å²) in [6.45, 7) is 0.825. The largest absolute Gasteiger partial charge is 0.476 e. The third-order valence-corrected chi connectivity index (χ3v) is 1.95. The molecule has 0 amide bonds. The van der Waals surface area contributed by atoms with E-state index in [-0.39, 0.29) is 11.5 Å². The van der Waals surface area contributed by atoms with Crippen LogP contribution >= 0.6 is 0 Å². The lowest BCUT2D eigenvalue weighted by Gasteiger charge is -1.98. The Kier molecular flexibility index (Phi) is 2.78. The minimum atomic E-state index is -1.12. The van der Waals surface area contributed by atoms with Crippen molar-refractivity contribution in [3.05, 3.63) is 24.0 Å². The Hall–Kier alpha value is -2.76. The average molecular weight is 233 g/mol. The van der Waals surface area contributed by atoms with Crippen LogP contribution in [-0.2, 0) is 13.1 Å². The lowest BCUT2D eigenvalue weighted by Crippen LogP contribution is -2.08. The summed E-state index contributed by atoms with van der Waals surface area (Å²) in [6.07, 6.45) is 2.75. The topological polar surface area (TPSA) is 123 Å². The van der Waals surface area contributed by atoms with Crippen LogP contribution in [0.3, 0.4) is 0 Å². The lowest BCUT2D eigenvalue weighted by atomic mass is 10.5. The molecule has 2 aromatic heterocycles. The Morgan fingerprint density at radius 2 is 2.24 bits per heavy atom. The molecule has 0 unspecified atom stereocenters. The molecule has 1 N–H and O–H groups in total. The minimum Gasteiger partial charge on any atom is -0.476 e. The monoisotopic (exact) mass is 233 g/mol. The van der Waals surface area contributed by atoms with E-state index in [0.717, 1.165) is 0 Å². The van der Waals surface area contributed by atoms with Gasteiger partial charge in [0.25, 0.3) is 5.82 Å². The summed E-state index contributed by atoms with van der Waals surface area (Å²) in [6, 6.07) is 1.81. The van der Waals surface area contributed by atoms with Crippen molar-refractivity contribution in [1.82, 2.24) is 29.8 Å². The smallest absolute Gasteiger partial charge is 0.358 e. The molecule has 0 spiro atoms. The number of aromatic carboxylic acids is 1. The van der Waals surface area contributed by atoms with Crippen molar-refractivity contribution in [3.63, 3.8) is 0 Å². The molecular formula is C8H7N7O2. The first-order chi connectivity index (χ1) is 8.19. The number of aromatic nitrogens is 6. The molecule has 2 aromatic rings. The highest BCUT2D eigenvalue weighted by molar-refractivity contribution is 5.84. The van der Waals surface area contributed by atoms with Crippen LogP contribution in [0.5, 0.6) is 0 Å². The first-order valence-electron chi connectivity index (χ1n) is 4.62. The quantitative estimate of drug-likeness (QED) is 0.728. The van der Waals surface area contributed by atoms with E-state index < -0.39 is 5.97 Å². The van der Waals surface area contributed by atoms with Gasteiger partial charge in [-0.2, -0.15) is 5.26 Å². The Bertz CT molecular complexity index is 579. The molecule has 0 saturated heterocycles. The van der Waals surface area contributed by atoms with E-state index in [1.165, 1.54) is 21.9 Å². The van der Waals surface area contributed by atoms with Crippen molar-refractivity contribution >= 4 is 5.97 Å². The summed E-state index contributed by atoms with van der Waals surface area (Å²) in [5, 5.41) is 28.1. The van der Waals surface area contributed by atoms with Crippen molar-refractivity contribution in [2.75, 3.05) is 0 Å². The standard InChI is InChI=1S/C8H7N7O2/c9-3-7-10-5-15(12-7)2-1-14-4-6(8(16)17)11-13-14/h4-5H,1-2H2,(H,16,17). The zero-order valence-electron chi connectivity index (χ0n) is 8.55. The molecule has 0 radical (unpaired) electrons. The Morgan fingerprint density at radius 3 is 2.82 bits per heavy atom. The van der Waals surface area contributed by atoms with Crippen molar-refractivity contribution in [2.24, 2.45) is 0 Å². The zero-order valence-corrected chi connectivity index (χ0v) is 8.55. The number of nitrogens with zero attached hydrogens (tertiary/aromatic N) is 7. The summed E-state index contributed by atoms with van der Waals surface area (Å²) in [5.74, 6) is -1.03. The first-order valence-corrected chi connectivity index (χ1v) is 4.62. The van der Waals surface area contributed by atoms with Crippen LogP contribution < -0.4 is 0 Å². The second kappa shape index (κ2) is 4.40. The molecule has 0 atom stereocenters. The Morgan fingerprint density at radius 1 is 1.47 bits per heavy atom. The van der Waals surface area contributed by atoms with E-state index in [2.05, 4.69) is 20.4 Å². The number of carboxylic acids is 1. The average Bonchev–Trinajstić information content (AvgIpc) is 2.95. The molecule has 0 fully saturated rings. The van der Waals surface area contributed by atoms with E-state index in [1.807, 2.05) is 6.07 Å². The summed E-state index contributed by atoms with van der Waals surface area (Å²) in [7, 11) is 0.